The van der Waals surface area contributed by atoms with Crippen LogP contribution >= 0.6 is 0 Å². The zero-order chi connectivity index (χ0) is 16.4. The SMILES string of the molecule is NC(=NCc1cc2ccccc2[nH]1)Nc1cccc2c1CCCC2. The summed E-state index contributed by atoms with van der Waals surface area (Å²) in [5.74, 6) is 0.465. The second-order valence-corrected chi connectivity index (χ2v) is 6.36. The minimum Gasteiger partial charge on any atom is -0.370 e. The van der Waals surface area contributed by atoms with Gasteiger partial charge in [-0.2, -0.15) is 0 Å². The van der Waals surface area contributed by atoms with Crippen LogP contribution in [-0.2, 0) is 19.4 Å². The van der Waals surface area contributed by atoms with E-state index in [4.69, 9.17) is 5.73 Å². The summed E-state index contributed by atoms with van der Waals surface area (Å²) in [6.45, 7) is 0.544. The maximum atomic E-state index is 6.11. The Balaban J connectivity index is 1.49. The summed E-state index contributed by atoms with van der Waals surface area (Å²) in [4.78, 5) is 7.86. The number of benzene rings is 2. The fourth-order valence-electron chi connectivity index (χ4n) is 3.46. The summed E-state index contributed by atoms with van der Waals surface area (Å²) in [5.41, 5.74) is 12.2. The third kappa shape index (κ3) is 3.00. The number of aryl methyl sites for hydroxylation is 1. The predicted molar refractivity (Wildman–Crippen MR) is 100 cm³/mol. The second kappa shape index (κ2) is 6.40. The predicted octanol–water partition coefficient (Wildman–Crippen LogP) is 3.97. The van der Waals surface area contributed by atoms with Crippen molar-refractivity contribution < 1.29 is 0 Å². The zero-order valence-corrected chi connectivity index (χ0v) is 13.7. The van der Waals surface area contributed by atoms with Gasteiger partial charge in [-0.15, -0.1) is 0 Å². The van der Waals surface area contributed by atoms with Gasteiger partial charge in [0.2, 0.25) is 0 Å². The molecule has 1 aliphatic carbocycles. The number of hydrogen-bond acceptors (Lipinski definition) is 1. The number of fused-ring (bicyclic) bond motifs is 2. The van der Waals surface area contributed by atoms with Crippen molar-refractivity contribution in [2.24, 2.45) is 10.7 Å². The first kappa shape index (κ1) is 14.8. The van der Waals surface area contributed by atoms with Crippen LogP contribution in [0.15, 0.2) is 53.5 Å². The van der Waals surface area contributed by atoms with E-state index in [2.05, 4.69) is 51.7 Å². The van der Waals surface area contributed by atoms with Crippen LogP contribution in [0.2, 0.25) is 0 Å². The average Bonchev–Trinajstić information content (AvgIpc) is 3.03. The fourth-order valence-corrected chi connectivity index (χ4v) is 3.46. The lowest BCUT2D eigenvalue weighted by Crippen LogP contribution is -2.24. The molecule has 4 N–H and O–H groups in total. The maximum Gasteiger partial charge on any atom is 0.193 e. The number of guanidine groups is 1. The molecule has 1 heterocycles. The Hall–Kier alpha value is -2.75. The largest absolute Gasteiger partial charge is 0.370 e. The highest BCUT2D eigenvalue weighted by Gasteiger charge is 2.13. The highest BCUT2D eigenvalue weighted by molar-refractivity contribution is 5.93. The van der Waals surface area contributed by atoms with Crippen LogP contribution in [0.25, 0.3) is 10.9 Å². The number of aromatic nitrogens is 1. The molecule has 1 aromatic heterocycles. The number of nitrogens with two attached hydrogens (primary N) is 1. The van der Waals surface area contributed by atoms with Crippen LogP contribution in [0.5, 0.6) is 0 Å². The standard InChI is InChI=1S/C20H22N4/c21-20(22-13-16-12-15-7-2-4-10-18(15)23-16)24-19-11-5-8-14-6-1-3-9-17(14)19/h2,4-5,7-8,10-12,23H,1,3,6,9,13H2,(H3,21,22,24). The smallest absolute Gasteiger partial charge is 0.193 e. The average molecular weight is 318 g/mol. The van der Waals surface area contributed by atoms with Crippen LogP contribution < -0.4 is 11.1 Å². The molecule has 4 nitrogen and oxygen atoms in total. The van der Waals surface area contributed by atoms with Crippen molar-refractivity contribution in [1.29, 1.82) is 0 Å². The van der Waals surface area contributed by atoms with Crippen molar-refractivity contribution in [2.75, 3.05) is 5.32 Å². The molecule has 0 aliphatic heterocycles. The van der Waals surface area contributed by atoms with Gasteiger partial charge in [0.1, 0.15) is 0 Å². The van der Waals surface area contributed by atoms with Gasteiger partial charge in [-0.25, -0.2) is 4.99 Å². The molecule has 0 atom stereocenters. The molecule has 24 heavy (non-hydrogen) atoms. The van der Waals surface area contributed by atoms with Gasteiger partial charge in [-0.1, -0.05) is 30.3 Å². The zero-order valence-electron chi connectivity index (χ0n) is 13.7. The van der Waals surface area contributed by atoms with Crippen molar-refractivity contribution in [3.8, 4) is 0 Å². The molecular weight excluding hydrogens is 296 g/mol. The Morgan fingerprint density at radius 1 is 1.08 bits per heavy atom. The second-order valence-electron chi connectivity index (χ2n) is 6.36. The van der Waals surface area contributed by atoms with E-state index in [1.807, 2.05) is 12.1 Å². The van der Waals surface area contributed by atoms with E-state index in [0.29, 0.717) is 12.5 Å². The summed E-state index contributed by atoms with van der Waals surface area (Å²) < 4.78 is 0. The van der Waals surface area contributed by atoms with Gasteiger partial charge in [0.15, 0.2) is 5.96 Å². The molecule has 1 aliphatic rings. The van der Waals surface area contributed by atoms with E-state index in [9.17, 15) is 0 Å². The van der Waals surface area contributed by atoms with Crippen LogP contribution in [0, 0.1) is 0 Å². The third-order valence-electron chi connectivity index (χ3n) is 4.66. The van der Waals surface area contributed by atoms with E-state index in [1.165, 1.54) is 29.4 Å². The van der Waals surface area contributed by atoms with Crippen molar-refractivity contribution in [1.82, 2.24) is 4.98 Å². The number of nitrogens with one attached hydrogen (secondary N) is 2. The third-order valence-corrected chi connectivity index (χ3v) is 4.66. The van der Waals surface area contributed by atoms with Gasteiger partial charge in [-0.3, -0.25) is 0 Å². The van der Waals surface area contributed by atoms with E-state index in [-0.39, 0.29) is 0 Å². The molecule has 4 rings (SSSR count). The number of nitrogens with zero attached hydrogens (tertiary/aromatic N) is 1. The first-order valence-electron chi connectivity index (χ1n) is 8.54. The van der Waals surface area contributed by atoms with E-state index < -0.39 is 0 Å². The summed E-state index contributed by atoms with van der Waals surface area (Å²) >= 11 is 0. The van der Waals surface area contributed by atoms with Gasteiger partial charge in [0.25, 0.3) is 0 Å². The van der Waals surface area contributed by atoms with Crippen LogP contribution in [0.4, 0.5) is 5.69 Å². The summed E-state index contributed by atoms with van der Waals surface area (Å²) in [7, 11) is 0. The molecule has 4 heteroatoms. The Kier molecular flexibility index (Phi) is 3.95. The van der Waals surface area contributed by atoms with Crippen molar-refractivity contribution in [2.45, 2.75) is 32.2 Å². The molecule has 0 spiro atoms. The molecule has 0 unspecified atom stereocenters. The number of aliphatic imine (C=N–C) groups is 1. The highest BCUT2D eigenvalue weighted by Crippen LogP contribution is 2.27. The van der Waals surface area contributed by atoms with Gasteiger partial charge in [0, 0.05) is 16.9 Å². The molecular formula is C20H22N4. The maximum absolute atomic E-state index is 6.11. The Bertz CT molecular complexity index is 859. The monoisotopic (exact) mass is 318 g/mol. The molecule has 0 bridgehead atoms. The molecule has 122 valence electrons. The topological polar surface area (TPSA) is 66.2 Å². The lowest BCUT2D eigenvalue weighted by molar-refractivity contribution is 0.687. The molecule has 2 aromatic carbocycles. The number of rotatable bonds is 3. The van der Waals surface area contributed by atoms with E-state index in [0.717, 1.165) is 29.7 Å². The van der Waals surface area contributed by atoms with Gasteiger partial charge >= 0.3 is 0 Å². The van der Waals surface area contributed by atoms with Crippen LogP contribution in [0.1, 0.15) is 29.7 Å². The Morgan fingerprint density at radius 3 is 2.88 bits per heavy atom. The molecule has 3 aromatic rings. The lowest BCUT2D eigenvalue weighted by Gasteiger charge is -2.19. The number of para-hydroxylation sites is 1. The molecule has 0 fully saturated rings. The normalized spacial score (nSPS) is 14.6. The molecule has 0 amide bonds. The lowest BCUT2D eigenvalue weighted by atomic mass is 9.90. The summed E-state index contributed by atoms with van der Waals surface area (Å²) in [6.07, 6.45) is 4.81. The number of anilines is 1. The van der Waals surface area contributed by atoms with Crippen LogP contribution in [0.3, 0.4) is 0 Å². The van der Waals surface area contributed by atoms with Crippen LogP contribution in [-0.4, -0.2) is 10.9 Å². The number of hydrogen-bond donors (Lipinski definition) is 3. The first-order valence-corrected chi connectivity index (χ1v) is 8.54. The van der Waals surface area contributed by atoms with Crippen molar-refractivity contribution in [3.05, 3.63) is 65.4 Å². The Labute approximate surface area is 141 Å². The highest BCUT2D eigenvalue weighted by atomic mass is 15.1. The summed E-state index contributed by atoms with van der Waals surface area (Å²) in [5, 5.41) is 4.49. The van der Waals surface area contributed by atoms with Gasteiger partial charge < -0.3 is 16.0 Å². The van der Waals surface area contributed by atoms with E-state index in [1.54, 1.807) is 0 Å². The van der Waals surface area contributed by atoms with Gasteiger partial charge in [0.05, 0.1) is 6.54 Å². The molecule has 0 radical (unpaired) electrons. The molecule has 0 saturated heterocycles. The number of H-pyrrole nitrogens is 1. The first-order chi connectivity index (χ1) is 11.8. The number of aromatic amines is 1. The quantitative estimate of drug-likeness (QED) is 0.505. The van der Waals surface area contributed by atoms with Gasteiger partial charge in [-0.05, 0) is 60.4 Å². The van der Waals surface area contributed by atoms with Crippen molar-refractivity contribution in [3.63, 3.8) is 0 Å². The minimum atomic E-state index is 0.465. The van der Waals surface area contributed by atoms with Crippen molar-refractivity contribution >= 4 is 22.5 Å². The minimum absolute atomic E-state index is 0.465. The van der Waals surface area contributed by atoms with E-state index >= 15 is 0 Å². The Morgan fingerprint density at radius 2 is 1.96 bits per heavy atom. The summed E-state index contributed by atoms with van der Waals surface area (Å²) in [6, 6.07) is 16.8. The molecule has 0 saturated carbocycles. The fraction of sp³-hybridized carbons (Fsp3) is 0.250.